The van der Waals surface area contributed by atoms with E-state index in [2.05, 4.69) is 0 Å². The molecule has 128 valence electrons. The minimum absolute atomic E-state index is 0.00332. The molecule has 7 nitrogen and oxygen atoms in total. The Labute approximate surface area is 135 Å². The number of amides is 1. The Balaban J connectivity index is 3.29. The van der Waals surface area contributed by atoms with E-state index in [1.165, 1.54) is 30.2 Å². The molecular formula is C15H21NO6S. The molecule has 0 spiro atoms. The molecule has 0 heterocycles. The van der Waals surface area contributed by atoms with Gasteiger partial charge < -0.3 is 14.7 Å². The van der Waals surface area contributed by atoms with Crippen LogP contribution in [0, 0.1) is 0 Å². The molecule has 0 atom stereocenters. The van der Waals surface area contributed by atoms with Crippen LogP contribution in [0.4, 0.5) is 0 Å². The second-order valence-corrected chi connectivity index (χ2v) is 7.39. The number of carboxylic acids is 1. The van der Waals surface area contributed by atoms with E-state index in [0.29, 0.717) is 0 Å². The molecule has 0 radical (unpaired) electrons. The summed E-state index contributed by atoms with van der Waals surface area (Å²) in [5.74, 6) is -1.24. The second-order valence-electron chi connectivity index (χ2n) is 5.37. The summed E-state index contributed by atoms with van der Waals surface area (Å²) in [6.45, 7) is 3.54. The Kier molecular flexibility index (Phi) is 6.14. The quantitative estimate of drug-likeness (QED) is 0.803. The van der Waals surface area contributed by atoms with Crippen molar-refractivity contribution in [3.8, 4) is 5.75 Å². The summed E-state index contributed by atoms with van der Waals surface area (Å²) in [4.78, 5) is 24.8. The summed E-state index contributed by atoms with van der Waals surface area (Å²) in [5, 5.41) is 8.81. The van der Waals surface area contributed by atoms with Gasteiger partial charge >= 0.3 is 5.97 Å². The number of carbonyl (C=O) groups is 2. The third-order valence-corrected chi connectivity index (χ3v) is 4.39. The molecule has 1 aromatic carbocycles. The van der Waals surface area contributed by atoms with Crippen LogP contribution >= 0.6 is 0 Å². The highest BCUT2D eigenvalue weighted by atomic mass is 32.2. The van der Waals surface area contributed by atoms with Crippen molar-refractivity contribution in [3.05, 3.63) is 23.8 Å². The summed E-state index contributed by atoms with van der Waals surface area (Å²) in [5.41, 5.74) is 0.0921. The summed E-state index contributed by atoms with van der Waals surface area (Å²) in [6.07, 6.45) is 0.853. The number of aliphatic carboxylic acids is 1. The minimum atomic E-state index is -3.48. The van der Waals surface area contributed by atoms with Crippen LogP contribution in [0.15, 0.2) is 23.1 Å². The normalized spacial score (nSPS) is 11.3. The van der Waals surface area contributed by atoms with Gasteiger partial charge in [-0.1, -0.05) is 0 Å². The third kappa shape index (κ3) is 4.95. The van der Waals surface area contributed by atoms with Crippen molar-refractivity contribution < 1.29 is 27.9 Å². The maximum Gasteiger partial charge on any atom is 0.305 e. The lowest BCUT2D eigenvalue weighted by Crippen LogP contribution is -2.38. The molecular weight excluding hydrogens is 322 g/mol. The molecule has 0 aliphatic heterocycles. The second kappa shape index (κ2) is 7.45. The fourth-order valence-corrected chi connectivity index (χ4v) is 2.70. The van der Waals surface area contributed by atoms with E-state index in [9.17, 15) is 18.0 Å². The number of sulfone groups is 1. The van der Waals surface area contributed by atoms with Crippen molar-refractivity contribution in [1.29, 1.82) is 0 Å². The molecule has 0 bridgehead atoms. The van der Waals surface area contributed by atoms with Gasteiger partial charge in [0.25, 0.3) is 5.91 Å². The lowest BCUT2D eigenvalue weighted by atomic mass is 10.1. The fourth-order valence-electron chi connectivity index (χ4n) is 2.05. The lowest BCUT2D eigenvalue weighted by Gasteiger charge is -2.27. The van der Waals surface area contributed by atoms with Gasteiger partial charge in [-0.25, -0.2) is 8.42 Å². The molecule has 0 aliphatic rings. The Morgan fingerprint density at radius 1 is 1.30 bits per heavy atom. The summed E-state index contributed by atoms with van der Waals surface area (Å²) in [7, 11) is -2.10. The molecule has 1 rings (SSSR count). The van der Waals surface area contributed by atoms with Crippen molar-refractivity contribution in [2.75, 3.05) is 19.9 Å². The zero-order valence-corrected chi connectivity index (χ0v) is 14.4. The molecule has 1 aromatic rings. The first-order valence-corrected chi connectivity index (χ1v) is 8.88. The zero-order valence-electron chi connectivity index (χ0n) is 13.6. The maximum absolute atomic E-state index is 12.7. The van der Waals surface area contributed by atoms with Gasteiger partial charge in [0.05, 0.1) is 24.0 Å². The van der Waals surface area contributed by atoms with Gasteiger partial charge in [-0.05, 0) is 32.0 Å². The average molecular weight is 343 g/mol. The molecule has 0 aliphatic carbocycles. The van der Waals surface area contributed by atoms with Crippen LogP contribution in [0.2, 0.25) is 0 Å². The van der Waals surface area contributed by atoms with Gasteiger partial charge in [-0.15, -0.1) is 0 Å². The van der Waals surface area contributed by atoms with E-state index in [0.717, 1.165) is 6.26 Å². The highest BCUT2D eigenvalue weighted by Crippen LogP contribution is 2.24. The standard InChI is InChI=1S/C15H21NO6S/c1-10(2)16(8-7-14(17)18)15(19)12-9-11(23(4,20)21)5-6-13(12)22-3/h5-6,9-10H,7-8H2,1-4H3,(H,17,18). The molecule has 0 saturated heterocycles. The van der Waals surface area contributed by atoms with Crippen molar-refractivity contribution in [2.24, 2.45) is 0 Å². The lowest BCUT2D eigenvalue weighted by molar-refractivity contribution is -0.137. The highest BCUT2D eigenvalue weighted by Gasteiger charge is 2.24. The Morgan fingerprint density at radius 3 is 2.35 bits per heavy atom. The number of methoxy groups -OCH3 is 1. The van der Waals surface area contributed by atoms with Crippen LogP contribution in [-0.4, -0.2) is 56.3 Å². The molecule has 0 aromatic heterocycles. The van der Waals surface area contributed by atoms with Crippen molar-refractivity contribution >= 4 is 21.7 Å². The van der Waals surface area contributed by atoms with Crippen LogP contribution in [-0.2, 0) is 14.6 Å². The first-order chi connectivity index (χ1) is 10.6. The van der Waals surface area contributed by atoms with E-state index in [1.54, 1.807) is 13.8 Å². The van der Waals surface area contributed by atoms with Gasteiger partial charge in [0, 0.05) is 18.8 Å². The molecule has 0 fully saturated rings. The smallest absolute Gasteiger partial charge is 0.305 e. The van der Waals surface area contributed by atoms with Crippen molar-refractivity contribution in [3.63, 3.8) is 0 Å². The molecule has 1 N–H and O–H groups in total. The monoisotopic (exact) mass is 343 g/mol. The predicted octanol–water partition coefficient (Wildman–Crippen LogP) is 1.42. The van der Waals surface area contributed by atoms with Gasteiger partial charge in [-0.2, -0.15) is 0 Å². The highest BCUT2D eigenvalue weighted by molar-refractivity contribution is 7.90. The van der Waals surface area contributed by atoms with Gasteiger partial charge in [0.1, 0.15) is 5.75 Å². The first kappa shape index (κ1) is 19.0. The number of benzene rings is 1. The molecule has 0 unspecified atom stereocenters. The van der Waals surface area contributed by atoms with Crippen LogP contribution in [0.5, 0.6) is 5.75 Å². The molecule has 1 amide bonds. The van der Waals surface area contributed by atoms with Crippen molar-refractivity contribution in [2.45, 2.75) is 31.2 Å². The Morgan fingerprint density at radius 2 is 1.91 bits per heavy atom. The van der Waals surface area contributed by atoms with Gasteiger partial charge in [-0.3, -0.25) is 9.59 Å². The number of rotatable bonds is 7. The van der Waals surface area contributed by atoms with E-state index >= 15 is 0 Å². The van der Waals surface area contributed by atoms with E-state index in [-0.39, 0.29) is 35.2 Å². The number of hydrogen-bond acceptors (Lipinski definition) is 5. The molecule has 23 heavy (non-hydrogen) atoms. The largest absolute Gasteiger partial charge is 0.496 e. The number of carboxylic acid groups (broad SMARTS) is 1. The summed E-state index contributed by atoms with van der Waals surface area (Å²) < 4.78 is 28.5. The Bertz CT molecular complexity index is 696. The van der Waals surface area contributed by atoms with E-state index in [1.807, 2.05) is 0 Å². The minimum Gasteiger partial charge on any atom is -0.496 e. The molecule has 0 saturated carbocycles. The number of hydrogen-bond donors (Lipinski definition) is 1. The predicted molar refractivity (Wildman–Crippen MR) is 84.5 cm³/mol. The first-order valence-electron chi connectivity index (χ1n) is 6.98. The van der Waals surface area contributed by atoms with Crippen molar-refractivity contribution in [1.82, 2.24) is 4.90 Å². The average Bonchev–Trinajstić information content (AvgIpc) is 2.44. The van der Waals surface area contributed by atoms with Crippen LogP contribution in [0.1, 0.15) is 30.6 Å². The SMILES string of the molecule is COc1ccc(S(C)(=O)=O)cc1C(=O)N(CCC(=O)O)C(C)C. The number of ether oxygens (including phenoxy) is 1. The third-order valence-electron chi connectivity index (χ3n) is 3.28. The summed E-state index contributed by atoms with van der Waals surface area (Å²) >= 11 is 0. The van der Waals surface area contributed by atoms with Crippen LogP contribution in [0.3, 0.4) is 0 Å². The Hall–Kier alpha value is -2.09. The topological polar surface area (TPSA) is 101 Å². The van der Waals surface area contributed by atoms with Crippen LogP contribution < -0.4 is 4.74 Å². The fraction of sp³-hybridized carbons (Fsp3) is 0.467. The zero-order chi connectivity index (χ0) is 17.8. The van der Waals surface area contributed by atoms with Gasteiger partial charge in [0.2, 0.25) is 0 Å². The maximum atomic E-state index is 12.7. The number of nitrogens with zero attached hydrogens (tertiary/aromatic N) is 1. The van der Waals surface area contributed by atoms with Gasteiger partial charge in [0.15, 0.2) is 9.84 Å². The summed E-state index contributed by atoms with van der Waals surface area (Å²) in [6, 6.07) is 3.79. The molecule has 8 heteroatoms. The number of carbonyl (C=O) groups excluding carboxylic acids is 1. The van der Waals surface area contributed by atoms with E-state index < -0.39 is 21.7 Å². The van der Waals surface area contributed by atoms with Crippen LogP contribution in [0.25, 0.3) is 0 Å². The van der Waals surface area contributed by atoms with E-state index in [4.69, 9.17) is 9.84 Å².